The topological polar surface area (TPSA) is 110 Å². The lowest BCUT2D eigenvalue weighted by Crippen LogP contribution is -2.51. The average Bonchev–Trinajstić information content (AvgIpc) is 3.06. The van der Waals surface area contributed by atoms with Gasteiger partial charge in [0.1, 0.15) is 12.3 Å². The molecule has 0 spiro atoms. The van der Waals surface area contributed by atoms with Gasteiger partial charge in [-0.3, -0.25) is 0 Å². The standard InChI is InChI=1S/C15H19N3O5/c1-3-9-12(14(20)22-4-2)11(18-15(21)17-9)8-23-13(19)10-6-5-7-16-10/h5-7,9,16H,3-4,8H2,1-2H3,(H2,17,18,21)/t9-/m1/s1. The molecule has 0 aromatic carbocycles. The number of carbonyl (C=O) groups is 3. The quantitative estimate of drug-likeness (QED) is 0.679. The van der Waals surface area contributed by atoms with Crippen LogP contribution in [0.5, 0.6) is 0 Å². The van der Waals surface area contributed by atoms with E-state index in [1.54, 1.807) is 25.3 Å². The zero-order valence-corrected chi connectivity index (χ0v) is 13.0. The number of carbonyl (C=O) groups excluding carboxylic acids is 3. The minimum atomic E-state index is -0.577. The van der Waals surface area contributed by atoms with Gasteiger partial charge in [0.2, 0.25) is 0 Å². The van der Waals surface area contributed by atoms with Gasteiger partial charge in [0.15, 0.2) is 0 Å². The average molecular weight is 321 g/mol. The van der Waals surface area contributed by atoms with Gasteiger partial charge in [-0.05, 0) is 25.5 Å². The van der Waals surface area contributed by atoms with Gasteiger partial charge in [-0.1, -0.05) is 6.92 Å². The van der Waals surface area contributed by atoms with Gasteiger partial charge in [-0.15, -0.1) is 0 Å². The first-order chi connectivity index (χ1) is 11.1. The lowest BCUT2D eigenvalue weighted by molar-refractivity contribution is -0.139. The molecule has 0 fully saturated rings. The maximum absolute atomic E-state index is 12.1. The van der Waals surface area contributed by atoms with Crippen molar-refractivity contribution >= 4 is 18.0 Å². The van der Waals surface area contributed by atoms with Crippen LogP contribution < -0.4 is 10.6 Å². The van der Waals surface area contributed by atoms with Gasteiger partial charge < -0.3 is 25.1 Å². The Morgan fingerprint density at radius 3 is 2.61 bits per heavy atom. The molecule has 1 atom stereocenters. The van der Waals surface area contributed by atoms with Crippen molar-refractivity contribution in [3.05, 3.63) is 35.3 Å². The zero-order chi connectivity index (χ0) is 16.8. The second-order valence-corrected chi connectivity index (χ2v) is 4.83. The largest absolute Gasteiger partial charge is 0.463 e. The fourth-order valence-electron chi connectivity index (χ4n) is 2.25. The molecular weight excluding hydrogens is 302 g/mol. The highest BCUT2D eigenvalue weighted by Crippen LogP contribution is 2.17. The number of hydrogen-bond acceptors (Lipinski definition) is 5. The lowest BCUT2D eigenvalue weighted by Gasteiger charge is -2.28. The smallest absolute Gasteiger partial charge is 0.355 e. The van der Waals surface area contributed by atoms with Crippen LogP contribution in [0.1, 0.15) is 30.8 Å². The summed E-state index contributed by atoms with van der Waals surface area (Å²) in [5.41, 5.74) is 0.794. The van der Waals surface area contributed by atoms with Crippen LogP contribution in [0.4, 0.5) is 4.79 Å². The van der Waals surface area contributed by atoms with E-state index in [1.165, 1.54) is 0 Å². The minimum absolute atomic E-state index is 0.211. The SMILES string of the molecule is CCOC(=O)C1=C(COC(=O)c2ccc[nH]2)NC(=O)N[C@@H]1CC. The number of rotatable bonds is 6. The molecule has 0 unspecified atom stereocenters. The van der Waals surface area contributed by atoms with Crippen molar-refractivity contribution in [3.8, 4) is 0 Å². The van der Waals surface area contributed by atoms with E-state index in [9.17, 15) is 14.4 Å². The normalized spacial score (nSPS) is 17.3. The Bertz CT molecular complexity index is 621. The Morgan fingerprint density at radius 1 is 1.22 bits per heavy atom. The Hall–Kier alpha value is -2.77. The molecular formula is C15H19N3O5. The summed E-state index contributed by atoms with van der Waals surface area (Å²) in [6.45, 7) is 3.51. The van der Waals surface area contributed by atoms with E-state index in [0.717, 1.165) is 0 Å². The Balaban J connectivity index is 2.19. The number of aromatic nitrogens is 1. The molecule has 0 saturated carbocycles. The molecule has 0 radical (unpaired) electrons. The molecule has 23 heavy (non-hydrogen) atoms. The number of urea groups is 1. The van der Waals surface area contributed by atoms with Crippen molar-refractivity contribution < 1.29 is 23.9 Å². The van der Waals surface area contributed by atoms with E-state index in [0.29, 0.717) is 6.42 Å². The molecule has 1 aliphatic heterocycles. The van der Waals surface area contributed by atoms with Gasteiger partial charge in [0, 0.05) is 6.20 Å². The summed E-state index contributed by atoms with van der Waals surface area (Å²) in [5.74, 6) is -1.12. The molecule has 0 aliphatic carbocycles. The Morgan fingerprint density at radius 2 is 2.00 bits per heavy atom. The molecule has 1 aromatic heterocycles. The molecule has 124 valence electrons. The highest BCUT2D eigenvalue weighted by atomic mass is 16.5. The van der Waals surface area contributed by atoms with E-state index < -0.39 is 24.0 Å². The second-order valence-electron chi connectivity index (χ2n) is 4.83. The Kier molecular flexibility index (Phi) is 5.40. The first-order valence-electron chi connectivity index (χ1n) is 7.35. The molecule has 2 rings (SSSR count). The van der Waals surface area contributed by atoms with Crippen LogP contribution in [-0.2, 0) is 14.3 Å². The van der Waals surface area contributed by atoms with E-state index in [-0.39, 0.29) is 30.2 Å². The van der Waals surface area contributed by atoms with Crippen LogP contribution >= 0.6 is 0 Å². The summed E-state index contributed by atoms with van der Waals surface area (Å²) in [6, 6.07) is 2.30. The number of aromatic amines is 1. The first kappa shape index (κ1) is 16.6. The molecule has 2 heterocycles. The third-order valence-electron chi connectivity index (χ3n) is 3.31. The summed E-state index contributed by atoms with van der Waals surface area (Å²) in [4.78, 5) is 38.4. The maximum Gasteiger partial charge on any atom is 0.355 e. The number of esters is 2. The van der Waals surface area contributed by atoms with E-state index >= 15 is 0 Å². The van der Waals surface area contributed by atoms with Crippen LogP contribution in [0, 0.1) is 0 Å². The third-order valence-corrected chi connectivity index (χ3v) is 3.31. The molecule has 8 heteroatoms. The van der Waals surface area contributed by atoms with Crippen LogP contribution in [0.15, 0.2) is 29.6 Å². The molecule has 0 bridgehead atoms. The zero-order valence-electron chi connectivity index (χ0n) is 13.0. The van der Waals surface area contributed by atoms with E-state index in [2.05, 4.69) is 15.6 Å². The monoisotopic (exact) mass is 321 g/mol. The van der Waals surface area contributed by atoms with Crippen molar-refractivity contribution in [2.75, 3.05) is 13.2 Å². The highest BCUT2D eigenvalue weighted by Gasteiger charge is 2.32. The van der Waals surface area contributed by atoms with Crippen molar-refractivity contribution in [2.24, 2.45) is 0 Å². The predicted molar refractivity (Wildman–Crippen MR) is 80.5 cm³/mol. The van der Waals surface area contributed by atoms with Crippen molar-refractivity contribution in [1.82, 2.24) is 15.6 Å². The van der Waals surface area contributed by atoms with Gasteiger partial charge in [-0.25, -0.2) is 14.4 Å². The molecule has 1 aliphatic rings. The van der Waals surface area contributed by atoms with Gasteiger partial charge in [0.25, 0.3) is 0 Å². The maximum atomic E-state index is 12.1. The summed E-state index contributed by atoms with van der Waals surface area (Å²) >= 11 is 0. The third kappa shape index (κ3) is 3.91. The van der Waals surface area contributed by atoms with Crippen molar-refractivity contribution in [1.29, 1.82) is 0 Å². The van der Waals surface area contributed by atoms with Crippen molar-refractivity contribution in [3.63, 3.8) is 0 Å². The lowest BCUT2D eigenvalue weighted by atomic mass is 10.0. The fraction of sp³-hybridized carbons (Fsp3) is 0.400. The van der Waals surface area contributed by atoms with Gasteiger partial charge >= 0.3 is 18.0 Å². The van der Waals surface area contributed by atoms with Crippen molar-refractivity contribution in [2.45, 2.75) is 26.3 Å². The molecule has 2 amide bonds. The number of nitrogens with one attached hydrogen (secondary N) is 3. The van der Waals surface area contributed by atoms with Crippen LogP contribution in [0.2, 0.25) is 0 Å². The summed E-state index contributed by atoms with van der Waals surface area (Å²) in [5, 5.41) is 5.16. The Labute approximate surface area is 133 Å². The number of H-pyrrole nitrogens is 1. The molecule has 3 N–H and O–H groups in total. The summed E-state index contributed by atoms with van der Waals surface area (Å²) < 4.78 is 10.2. The van der Waals surface area contributed by atoms with Gasteiger partial charge in [-0.2, -0.15) is 0 Å². The van der Waals surface area contributed by atoms with E-state index in [4.69, 9.17) is 9.47 Å². The van der Waals surface area contributed by atoms with Crippen LogP contribution in [0.3, 0.4) is 0 Å². The summed E-state index contributed by atoms with van der Waals surface area (Å²) in [7, 11) is 0. The first-order valence-corrected chi connectivity index (χ1v) is 7.35. The number of hydrogen-bond donors (Lipinski definition) is 3. The number of ether oxygens (including phenoxy) is 2. The highest BCUT2D eigenvalue weighted by molar-refractivity contribution is 5.95. The second kappa shape index (κ2) is 7.48. The van der Waals surface area contributed by atoms with E-state index in [1.807, 2.05) is 6.92 Å². The predicted octanol–water partition coefficient (Wildman–Crippen LogP) is 1.08. The fourth-order valence-corrected chi connectivity index (χ4v) is 2.25. The minimum Gasteiger partial charge on any atom is -0.463 e. The van der Waals surface area contributed by atoms with Crippen LogP contribution in [-0.4, -0.2) is 42.2 Å². The van der Waals surface area contributed by atoms with Crippen LogP contribution in [0.25, 0.3) is 0 Å². The number of amides is 2. The summed E-state index contributed by atoms with van der Waals surface area (Å²) in [6.07, 6.45) is 2.11. The molecule has 1 aromatic rings. The molecule has 0 saturated heterocycles. The molecule has 8 nitrogen and oxygen atoms in total. The van der Waals surface area contributed by atoms with Gasteiger partial charge in [0.05, 0.1) is 23.9 Å².